The predicted octanol–water partition coefficient (Wildman–Crippen LogP) is 1.79. The van der Waals surface area contributed by atoms with E-state index in [0.29, 0.717) is 11.8 Å². The maximum absolute atomic E-state index is 10.9. The van der Waals surface area contributed by atoms with Crippen LogP contribution in [0.15, 0.2) is 0 Å². The summed E-state index contributed by atoms with van der Waals surface area (Å²) in [6.07, 6.45) is 4.12. The van der Waals surface area contributed by atoms with Gasteiger partial charge in [0.05, 0.1) is 12.4 Å². The molecule has 13 heavy (non-hydrogen) atoms. The Labute approximate surface area is 80.6 Å². The van der Waals surface area contributed by atoms with Crippen LogP contribution in [0.4, 0.5) is 0 Å². The summed E-state index contributed by atoms with van der Waals surface area (Å²) >= 11 is 0. The third kappa shape index (κ3) is 3.27. The van der Waals surface area contributed by atoms with E-state index in [1.807, 2.05) is 0 Å². The second-order valence-electron chi connectivity index (χ2n) is 4.18. The van der Waals surface area contributed by atoms with Crippen molar-refractivity contribution in [1.82, 2.24) is 0 Å². The van der Waals surface area contributed by atoms with Crippen LogP contribution >= 0.6 is 0 Å². The van der Waals surface area contributed by atoms with Crippen LogP contribution in [0.3, 0.4) is 0 Å². The molecule has 0 aliphatic heterocycles. The van der Waals surface area contributed by atoms with E-state index in [-0.39, 0.29) is 6.10 Å². The molecule has 0 aromatic heterocycles. The second kappa shape index (κ2) is 3.96. The lowest BCUT2D eigenvalue weighted by Gasteiger charge is -2.21. The molecule has 1 fully saturated rings. The van der Waals surface area contributed by atoms with E-state index in [1.165, 1.54) is 0 Å². The summed E-state index contributed by atoms with van der Waals surface area (Å²) in [7, 11) is -3.27. The van der Waals surface area contributed by atoms with Crippen LogP contribution in [0.1, 0.15) is 33.1 Å². The van der Waals surface area contributed by atoms with Gasteiger partial charge in [0.15, 0.2) is 0 Å². The second-order valence-corrected chi connectivity index (χ2v) is 5.78. The lowest BCUT2D eigenvalue weighted by atomic mass is 9.93. The van der Waals surface area contributed by atoms with Gasteiger partial charge in [-0.25, -0.2) is 0 Å². The molecular weight excluding hydrogens is 188 g/mol. The molecule has 0 saturated heterocycles. The van der Waals surface area contributed by atoms with Crippen molar-refractivity contribution in [2.75, 3.05) is 6.26 Å². The summed E-state index contributed by atoms with van der Waals surface area (Å²) in [5.41, 5.74) is 0. The Kier molecular flexibility index (Phi) is 3.35. The van der Waals surface area contributed by atoms with Crippen LogP contribution in [0.2, 0.25) is 0 Å². The lowest BCUT2D eigenvalue weighted by molar-refractivity contribution is 0.140. The molecule has 2 atom stereocenters. The average molecular weight is 206 g/mol. The molecule has 0 heterocycles. The van der Waals surface area contributed by atoms with Gasteiger partial charge in [-0.1, -0.05) is 20.3 Å². The first-order valence-electron chi connectivity index (χ1n) is 4.78. The Morgan fingerprint density at radius 3 is 2.38 bits per heavy atom. The monoisotopic (exact) mass is 206 g/mol. The summed E-state index contributed by atoms with van der Waals surface area (Å²) in [5, 5.41) is 0. The van der Waals surface area contributed by atoms with Crippen LogP contribution in [-0.4, -0.2) is 20.8 Å². The number of rotatable bonds is 3. The largest absolute Gasteiger partial charge is 0.267 e. The molecule has 0 amide bonds. The maximum atomic E-state index is 10.9. The average Bonchev–Trinajstić information content (AvgIpc) is 2.31. The van der Waals surface area contributed by atoms with Crippen molar-refractivity contribution in [2.24, 2.45) is 11.8 Å². The van der Waals surface area contributed by atoms with Gasteiger partial charge >= 0.3 is 0 Å². The van der Waals surface area contributed by atoms with Crippen LogP contribution in [0.5, 0.6) is 0 Å². The highest BCUT2D eigenvalue weighted by Crippen LogP contribution is 2.34. The minimum absolute atomic E-state index is 0.0741. The van der Waals surface area contributed by atoms with Gasteiger partial charge in [-0.3, -0.25) is 4.18 Å². The topological polar surface area (TPSA) is 43.4 Å². The summed E-state index contributed by atoms with van der Waals surface area (Å²) < 4.78 is 26.9. The molecule has 1 aliphatic rings. The Morgan fingerprint density at radius 2 is 1.92 bits per heavy atom. The molecule has 0 radical (unpaired) electrons. The van der Waals surface area contributed by atoms with Crippen molar-refractivity contribution >= 4 is 10.1 Å². The van der Waals surface area contributed by atoms with Crippen molar-refractivity contribution in [1.29, 1.82) is 0 Å². The standard InChI is InChI=1S/C9H18O3S/c1-7(2)8-5-4-6-9(8)12-13(3,10)11/h7-9H,4-6H2,1-3H3. The summed E-state index contributed by atoms with van der Waals surface area (Å²) in [5.74, 6) is 0.920. The normalized spacial score (nSPS) is 29.8. The third-order valence-electron chi connectivity index (χ3n) is 2.66. The van der Waals surface area contributed by atoms with E-state index in [2.05, 4.69) is 13.8 Å². The van der Waals surface area contributed by atoms with Gasteiger partial charge in [-0.05, 0) is 24.7 Å². The molecule has 78 valence electrons. The molecule has 1 aliphatic carbocycles. The summed E-state index contributed by atoms with van der Waals surface area (Å²) in [6, 6.07) is 0. The lowest BCUT2D eigenvalue weighted by Crippen LogP contribution is -2.25. The molecule has 4 heteroatoms. The first-order chi connectivity index (χ1) is 5.90. The Bertz CT molecular complexity index is 256. The highest BCUT2D eigenvalue weighted by Gasteiger charge is 2.32. The zero-order chi connectivity index (χ0) is 10.1. The molecule has 2 unspecified atom stereocenters. The molecule has 0 aromatic carbocycles. The Morgan fingerprint density at radius 1 is 1.31 bits per heavy atom. The summed E-state index contributed by atoms with van der Waals surface area (Å²) in [6.45, 7) is 4.24. The van der Waals surface area contributed by atoms with Crippen molar-refractivity contribution in [3.63, 3.8) is 0 Å². The van der Waals surface area contributed by atoms with Crippen molar-refractivity contribution in [3.05, 3.63) is 0 Å². The minimum atomic E-state index is -3.27. The quantitative estimate of drug-likeness (QED) is 0.661. The van der Waals surface area contributed by atoms with Gasteiger partial charge in [0.1, 0.15) is 0 Å². The van der Waals surface area contributed by atoms with E-state index in [9.17, 15) is 8.42 Å². The first kappa shape index (κ1) is 11.0. The SMILES string of the molecule is CC(C)C1CCCC1OS(C)(=O)=O. The highest BCUT2D eigenvalue weighted by molar-refractivity contribution is 7.86. The molecule has 1 saturated carbocycles. The fraction of sp³-hybridized carbons (Fsp3) is 1.00. The first-order valence-corrected chi connectivity index (χ1v) is 6.60. The van der Waals surface area contributed by atoms with Crippen molar-refractivity contribution in [2.45, 2.75) is 39.2 Å². The van der Waals surface area contributed by atoms with Crippen molar-refractivity contribution < 1.29 is 12.6 Å². The molecule has 0 spiro atoms. The minimum Gasteiger partial charge on any atom is -0.267 e. The van der Waals surface area contributed by atoms with E-state index in [0.717, 1.165) is 25.5 Å². The van der Waals surface area contributed by atoms with Gasteiger partial charge in [0, 0.05) is 0 Å². The van der Waals surface area contributed by atoms with Crippen LogP contribution < -0.4 is 0 Å². The summed E-state index contributed by atoms with van der Waals surface area (Å²) in [4.78, 5) is 0. The fourth-order valence-electron chi connectivity index (χ4n) is 2.06. The van der Waals surface area contributed by atoms with Crippen molar-refractivity contribution in [3.8, 4) is 0 Å². The van der Waals surface area contributed by atoms with Gasteiger partial charge in [-0.15, -0.1) is 0 Å². The van der Waals surface area contributed by atoms with Crippen LogP contribution in [0.25, 0.3) is 0 Å². The maximum Gasteiger partial charge on any atom is 0.264 e. The van der Waals surface area contributed by atoms with Gasteiger partial charge in [-0.2, -0.15) is 8.42 Å². The van der Waals surface area contributed by atoms with Gasteiger partial charge in [0.2, 0.25) is 0 Å². The fourth-order valence-corrected chi connectivity index (χ4v) is 2.75. The molecule has 1 rings (SSSR count). The molecule has 0 N–H and O–H groups in total. The molecule has 3 nitrogen and oxygen atoms in total. The highest BCUT2D eigenvalue weighted by atomic mass is 32.2. The third-order valence-corrected chi connectivity index (χ3v) is 3.26. The van der Waals surface area contributed by atoms with E-state index in [1.54, 1.807) is 0 Å². The van der Waals surface area contributed by atoms with Crippen LogP contribution in [-0.2, 0) is 14.3 Å². The predicted molar refractivity (Wildman–Crippen MR) is 51.9 cm³/mol. The van der Waals surface area contributed by atoms with Crippen LogP contribution in [0, 0.1) is 11.8 Å². The smallest absolute Gasteiger partial charge is 0.264 e. The zero-order valence-corrected chi connectivity index (χ0v) is 9.30. The van der Waals surface area contributed by atoms with E-state index in [4.69, 9.17) is 4.18 Å². The molecule has 0 aromatic rings. The van der Waals surface area contributed by atoms with E-state index < -0.39 is 10.1 Å². The number of hydrogen-bond donors (Lipinski definition) is 0. The van der Waals surface area contributed by atoms with Gasteiger partial charge in [0.25, 0.3) is 10.1 Å². The molecular formula is C9H18O3S. The number of hydrogen-bond acceptors (Lipinski definition) is 3. The van der Waals surface area contributed by atoms with E-state index >= 15 is 0 Å². The Hall–Kier alpha value is -0.0900. The zero-order valence-electron chi connectivity index (χ0n) is 8.49. The van der Waals surface area contributed by atoms with Gasteiger partial charge < -0.3 is 0 Å². The molecule has 0 bridgehead atoms. The Balaban J connectivity index is 2.59.